The third kappa shape index (κ3) is 3.85. The molecule has 3 amide bonds. The van der Waals surface area contributed by atoms with E-state index in [0.29, 0.717) is 12.1 Å². The summed E-state index contributed by atoms with van der Waals surface area (Å²) in [6, 6.07) is 16.0. The van der Waals surface area contributed by atoms with Gasteiger partial charge in [0.15, 0.2) is 0 Å². The first-order valence-corrected chi connectivity index (χ1v) is 13.0. The molecular weight excluding hydrogens is 478 g/mol. The van der Waals surface area contributed by atoms with E-state index in [1.165, 1.54) is 9.80 Å². The van der Waals surface area contributed by atoms with Gasteiger partial charge in [0, 0.05) is 43.7 Å². The van der Waals surface area contributed by atoms with Gasteiger partial charge in [-0.2, -0.15) is 5.26 Å². The average Bonchev–Trinajstić information content (AvgIpc) is 3.54. The van der Waals surface area contributed by atoms with E-state index < -0.39 is 17.5 Å². The fourth-order valence-electron chi connectivity index (χ4n) is 6.08. The lowest BCUT2D eigenvalue weighted by Crippen LogP contribution is -2.52. The van der Waals surface area contributed by atoms with Gasteiger partial charge in [-0.05, 0) is 48.6 Å². The molecule has 8 nitrogen and oxygen atoms in total. The number of anilines is 1. The molecule has 2 aromatic carbocycles. The highest BCUT2D eigenvalue weighted by molar-refractivity contribution is 6.07. The molecule has 3 heterocycles. The number of aromatic nitrogens is 1. The number of fused-ring (bicyclic) bond motifs is 3. The van der Waals surface area contributed by atoms with E-state index in [4.69, 9.17) is 0 Å². The van der Waals surface area contributed by atoms with Crippen molar-refractivity contribution in [3.63, 3.8) is 0 Å². The van der Waals surface area contributed by atoms with Crippen LogP contribution in [0.5, 0.6) is 0 Å². The van der Waals surface area contributed by atoms with Crippen LogP contribution in [0.15, 0.2) is 48.5 Å². The molecule has 1 N–H and O–H groups in total. The molecule has 38 heavy (non-hydrogen) atoms. The third-order valence-electron chi connectivity index (χ3n) is 8.21. The Morgan fingerprint density at radius 2 is 1.95 bits per heavy atom. The van der Waals surface area contributed by atoms with E-state index >= 15 is 0 Å². The number of nitrogens with zero attached hydrogens (tertiary/aromatic N) is 4. The Morgan fingerprint density at radius 3 is 2.63 bits per heavy atom. The number of benzene rings is 2. The molecule has 1 aromatic heterocycles. The van der Waals surface area contributed by atoms with Gasteiger partial charge >= 0.3 is 0 Å². The Bertz CT molecular complexity index is 1500. The maximum absolute atomic E-state index is 14.1. The van der Waals surface area contributed by atoms with Crippen LogP contribution in [0.4, 0.5) is 5.69 Å². The second-order valence-corrected chi connectivity index (χ2v) is 11.1. The first-order chi connectivity index (χ1) is 18.1. The van der Waals surface area contributed by atoms with Gasteiger partial charge in [0.1, 0.15) is 17.8 Å². The molecule has 0 radical (unpaired) electrons. The molecule has 0 unspecified atom stereocenters. The molecule has 2 aliphatic rings. The molecule has 1 saturated heterocycles. The Balaban J connectivity index is 1.48. The van der Waals surface area contributed by atoms with Crippen LogP contribution in [0.25, 0.3) is 10.9 Å². The Hall–Kier alpha value is -4.12. The predicted octanol–water partition coefficient (Wildman–Crippen LogP) is 3.99. The van der Waals surface area contributed by atoms with E-state index in [1.54, 1.807) is 7.05 Å². The molecule has 196 valence electrons. The molecule has 3 aromatic rings. The van der Waals surface area contributed by atoms with Crippen molar-refractivity contribution in [2.24, 2.45) is 13.0 Å². The molecule has 1 spiro atoms. The van der Waals surface area contributed by atoms with Gasteiger partial charge in [-0.1, -0.05) is 44.2 Å². The Kier molecular flexibility index (Phi) is 6.26. The number of aryl methyl sites for hydroxylation is 2. The van der Waals surface area contributed by atoms with Gasteiger partial charge in [0.25, 0.3) is 5.91 Å². The summed E-state index contributed by atoms with van der Waals surface area (Å²) in [6.45, 7) is 6.13. The predicted molar refractivity (Wildman–Crippen MR) is 145 cm³/mol. The minimum absolute atomic E-state index is 0.108. The summed E-state index contributed by atoms with van der Waals surface area (Å²) in [5.41, 5.74) is 3.09. The molecule has 1 fully saturated rings. The normalized spacial score (nSPS) is 21.0. The highest BCUT2D eigenvalue weighted by Gasteiger charge is 2.56. The molecular formula is C30H33N5O3. The van der Waals surface area contributed by atoms with Gasteiger partial charge < -0.3 is 19.7 Å². The quantitative estimate of drug-likeness (QED) is 0.560. The van der Waals surface area contributed by atoms with Gasteiger partial charge in [-0.3, -0.25) is 14.4 Å². The number of nitriles is 1. The second-order valence-electron chi connectivity index (χ2n) is 11.1. The summed E-state index contributed by atoms with van der Waals surface area (Å²) in [5.74, 6) is -0.620. The molecule has 0 saturated carbocycles. The van der Waals surface area contributed by atoms with E-state index in [2.05, 4.69) is 11.4 Å². The number of amides is 3. The highest BCUT2D eigenvalue weighted by atomic mass is 16.2. The largest absolute Gasteiger partial charge is 0.340 e. The summed E-state index contributed by atoms with van der Waals surface area (Å²) < 4.78 is 1.86. The maximum Gasteiger partial charge on any atom is 0.270 e. The smallest absolute Gasteiger partial charge is 0.270 e. The fourth-order valence-corrected chi connectivity index (χ4v) is 6.08. The zero-order valence-corrected chi connectivity index (χ0v) is 22.5. The van der Waals surface area contributed by atoms with Crippen molar-refractivity contribution < 1.29 is 14.4 Å². The van der Waals surface area contributed by atoms with Crippen molar-refractivity contribution >= 4 is 34.3 Å². The summed E-state index contributed by atoms with van der Waals surface area (Å²) in [6.07, 6.45) is 0.668. The summed E-state index contributed by atoms with van der Waals surface area (Å²) in [4.78, 5) is 44.2. The maximum atomic E-state index is 14.1. The lowest BCUT2D eigenvalue weighted by Gasteiger charge is -2.33. The van der Waals surface area contributed by atoms with Crippen LogP contribution in [0.1, 0.15) is 48.3 Å². The molecule has 3 atom stereocenters. The number of carbonyl (C=O) groups excluding carboxylic acids is 3. The molecule has 8 heteroatoms. The van der Waals surface area contributed by atoms with E-state index in [1.807, 2.05) is 80.9 Å². The van der Waals surface area contributed by atoms with Crippen molar-refractivity contribution in [3.8, 4) is 6.07 Å². The lowest BCUT2D eigenvalue weighted by atomic mass is 9.80. The van der Waals surface area contributed by atoms with Gasteiger partial charge in [0.05, 0.1) is 11.5 Å². The summed E-state index contributed by atoms with van der Waals surface area (Å²) in [5, 5.41) is 14.0. The number of likely N-dealkylation sites (N-methyl/N-ethyl adjacent to an activating group) is 1. The number of likely N-dealkylation sites (tertiary alicyclic amines) is 1. The van der Waals surface area contributed by atoms with Crippen molar-refractivity contribution in [1.29, 1.82) is 5.26 Å². The highest BCUT2D eigenvalue weighted by Crippen LogP contribution is 2.46. The molecule has 0 aliphatic carbocycles. The SMILES string of the molecule is Cc1cccc2c1cc(C(=O)N(C)[C@@H](CC(C)C)C(=O)N1C[C@]3(C[C@H]1C#N)C(=O)Nc1ccccc13)n2C. The minimum Gasteiger partial charge on any atom is -0.340 e. The van der Waals surface area contributed by atoms with E-state index in [0.717, 1.165) is 27.7 Å². The van der Waals surface area contributed by atoms with Crippen molar-refractivity contribution in [2.45, 2.75) is 51.1 Å². The number of hydrogen-bond acceptors (Lipinski definition) is 4. The zero-order valence-electron chi connectivity index (χ0n) is 22.5. The van der Waals surface area contributed by atoms with E-state index in [9.17, 15) is 19.6 Å². The van der Waals surface area contributed by atoms with Gasteiger partial charge in [0.2, 0.25) is 11.8 Å². The monoisotopic (exact) mass is 511 g/mol. The van der Waals surface area contributed by atoms with Crippen LogP contribution >= 0.6 is 0 Å². The van der Waals surface area contributed by atoms with Gasteiger partial charge in [-0.15, -0.1) is 0 Å². The zero-order chi connectivity index (χ0) is 27.4. The summed E-state index contributed by atoms with van der Waals surface area (Å²) >= 11 is 0. The van der Waals surface area contributed by atoms with Crippen molar-refractivity contribution in [2.75, 3.05) is 18.9 Å². The fraction of sp³-hybridized carbons (Fsp3) is 0.400. The number of nitrogens with one attached hydrogen (secondary N) is 1. The van der Waals surface area contributed by atoms with Crippen LogP contribution in [-0.2, 0) is 22.1 Å². The van der Waals surface area contributed by atoms with Crippen molar-refractivity contribution in [1.82, 2.24) is 14.4 Å². The average molecular weight is 512 g/mol. The second kappa shape index (κ2) is 9.32. The van der Waals surface area contributed by atoms with Crippen LogP contribution < -0.4 is 5.32 Å². The standard InChI is InChI=1S/C30H33N5O3/c1-18(2)13-25(34(5)27(36)26-14-21-19(3)9-8-12-24(21)33(26)4)28(37)35-17-30(15-20(35)16-31)22-10-6-7-11-23(22)32-29(30)38/h6-12,14,18,20,25H,13,15,17H2,1-5H3,(H,32,38)/t20-,25-,30-/m0/s1. The topological polar surface area (TPSA) is 98.4 Å². The van der Waals surface area contributed by atoms with Gasteiger partial charge in [-0.25, -0.2) is 0 Å². The van der Waals surface area contributed by atoms with Crippen LogP contribution in [-0.4, -0.2) is 57.8 Å². The first-order valence-electron chi connectivity index (χ1n) is 13.0. The van der Waals surface area contributed by atoms with Crippen LogP contribution in [0.3, 0.4) is 0 Å². The van der Waals surface area contributed by atoms with Crippen LogP contribution in [0.2, 0.25) is 0 Å². The van der Waals surface area contributed by atoms with Crippen LogP contribution in [0, 0.1) is 24.2 Å². The summed E-state index contributed by atoms with van der Waals surface area (Å²) in [7, 11) is 3.51. The first kappa shape index (κ1) is 25.5. The number of rotatable bonds is 5. The molecule has 0 bridgehead atoms. The molecule has 5 rings (SSSR count). The number of para-hydroxylation sites is 1. The lowest BCUT2D eigenvalue weighted by molar-refractivity contribution is -0.136. The third-order valence-corrected chi connectivity index (χ3v) is 8.21. The number of hydrogen-bond donors (Lipinski definition) is 1. The molecule has 2 aliphatic heterocycles. The van der Waals surface area contributed by atoms with Crippen molar-refractivity contribution in [3.05, 3.63) is 65.4 Å². The Labute approximate surface area is 222 Å². The number of carbonyl (C=O) groups is 3. The minimum atomic E-state index is -0.967. The Morgan fingerprint density at radius 1 is 1.21 bits per heavy atom. The van der Waals surface area contributed by atoms with E-state index in [-0.39, 0.29) is 36.6 Å².